The molecule has 8 heteroatoms. The van der Waals surface area contributed by atoms with E-state index in [4.69, 9.17) is 18.9 Å². The predicted molar refractivity (Wildman–Crippen MR) is 226 cm³/mol. The maximum atomic E-state index is 5.83. The van der Waals surface area contributed by atoms with Crippen molar-refractivity contribution < 1.29 is 18.9 Å². The number of hydrogen-bond acceptors (Lipinski definition) is 8. The summed E-state index contributed by atoms with van der Waals surface area (Å²) in [7, 11) is 0. The molecule has 0 atom stereocenters. The summed E-state index contributed by atoms with van der Waals surface area (Å²) in [6, 6.07) is 34.7. The molecule has 2 saturated carbocycles. The van der Waals surface area contributed by atoms with Crippen molar-refractivity contribution in [2.45, 2.75) is 116 Å². The monoisotopic (exact) mass is 736 g/mol. The van der Waals surface area contributed by atoms with Crippen LogP contribution in [0.5, 0.6) is 23.0 Å². The Kier molecular flexibility index (Phi) is 16.8. The van der Waals surface area contributed by atoms with Crippen molar-refractivity contribution >= 4 is 22.7 Å². The van der Waals surface area contributed by atoms with Crippen LogP contribution in [0.2, 0.25) is 0 Å². The van der Waals surface area contributed by atoms with Gasteiger partial charge in [-0.25, -0.2) is 0 Å². The first kappa shape index (κ1) is 40.5. The Morgan fingerprint density at radius 2 is 0.648 bits per heavy atom. The third-order valence-electron chi connectivity index (χ3n) is 9.52. The minimum absolute atomic E-state index is 0.423. The van der Waals surface area contributed by atoms with Gasteiger partial charge in [-0.15, -0.1) is 0 Å². The third-order valence-corrected chi connectivity index (χ3v) is 9.52. The lowest BCUT2D eigenvalue weighted by Gasteiger charge is -2.24. The topological polar surface area (TPSA) is 85.0 Å². The highest BCUT2D eigenvalue weighted by atomic mass is 16.5. The molecular weight excluding hydrogens is 673 g/mol. The second kappa shape index (κ2) is 22.5. The van der Waals surface area contributed by atoms with E-state index in [1.807, 2.05) is 72.8 Å². The summed E-state index contributed by atoms with van der Waals surface area (Å²) in [5.74, 6) is 3.48. The first-order chi connectivity index (χ1) is 26.4. The zero-order chi connectivity index (χ0) is 37.8. The zero-order valence-electron chi connectivity index (χ0n) is 33.1. The summed E-state index contributed by atoms with van der Waals surface area (Å²) >= 11 is 0. The van der Waals surface area contributed by atoms with E-state index in [9.17, 15) is 0 Å². The molecule has 4 aromatic rings. The van der Waals surface area contributed by atoms with Crippen LogP contribution in [-0.2, 0) is 0 Å². The lowest BCUT2D eigenvalue weighted by Crippen LogP contribution is -2.22. The lowest BCUT2D eigenvalue weighted by atomic mass is 9.95. The van der Waals surface area contributed by atoms with E-state index in [1.54, 1.807) is 0 Å². The average molecular weight is 737 g/mol. The molecule has 0 bridgehead atoms. The fourth-order valence-corrected chi connectivity index (χ4v) is 6.86. The van der Waals surface area contributed by atoms with E-state index >= 15 is 0 Å². The Bertz CT molecular complexity index is 1440. The van der Waals surface area contributed by atoms with E-state index in [2.05, 4.69) is 73.2 Å². The number of hydrogen-bond donors (Lipinski definition) is 4. The van der Waals surface area contributed by atoms with Crippen LogP contribution >= 0.6 is 0 Å². The summed E-state index contributed by atoms with van der Waals surface area (Å²) in [4.78, 5) is 0. The lowest BCUT2D eigenvalue weighted by molar-refractivity contribution is 0.217. The van der Waals surface area contributed by atoms with E-state index in [0.717, 1.165) is 34.4 Å². The van der Waals surface area contributed by atoms with Crippen molar-refractivity contribution in [3.05, 3.63) is 97.1 Å². The minimum Gasteiger partial charge on any atom is -0.490 e. The van der Waals surface area contributed by atoms with Gasteiger partial charge in [0.05, 0.1) is 0 Å². The summed E-state index contributed by atoms with van der Waals surface area (Å²) in [5, 5.41) is 14.0. The van der Waals surface area contributed by atoms with Gasteiger partial charge >= 0.3 is 0 Å². The largest absolute Gasteiger partial charge is 0.490 e. The second-order valence-corrected chi connectivity index (χ2v) is 15.0. The van der Waals surface area contributed by atoms with Crippen LogP contribution in [0.3, 0.4) is 0 Å². The Morgan fingerprint density at radius 1 is 0.389 bits per heavy atom. The SMILES string of the molecule is CC(C)Nc1ccc(OCCOc2ccc(NC(C)C)cc2)cc1.c1cc(OCCOc2ccc(NC3CCCCC3)cc2)ccc1NC1CCCCC1. The second-order valence-electron chi connectivity index (χ2n) is 15.0. The van der Waals surface area contributed by atoms with Gasteiger partial charge in [0.25, 0.3) is 0 Å². The zero-order valence-corrected chi connectivity index (χ0v) is 33.1. The van der Waals surface area contributed by atoms with Crippen LogP contribution < -0.4 is 40.2 Å². The van der Waals surface area contributed by atoms with Crippen molar-refractivity contribution in [3.63, 3.8) is 0 Å². The highest BCUT2D eigenvalue weighted by Gasteiger charge is 2.14. The smallest absolute Gasteiger partial charge is 0.122 e. The van der Waals surface area contributed by atoms with Crippen molar-refractivity contribution in [2.24, 2.45) is 0 Å². The molecule has 0 saturated heterocycles. The standard InChI is InChI=1S/C26H36N2O2.C20H28N2O2/c1-3-7-21(8-4-1)27-23-11-15-25(16-12-23)29-19-20-30-26-17-13-24(14-18-26)28-22-9-5-2-6-10-22;1-15(2)21-17-5-9-19(10-6-17)23-13-14-24-20-11-7-18(8-12-20)22-16(3)4/h11-18,21-22,27-28H,1-10,19-20H2;5-12,15-16,21-22H,13-14H2,1-4H3. The molecule has 292 valence electrons. The summed E-state index contributed by atoms with van der Waals surface area (Å²) in [6.45, 7) is 10.6. The van der Waals surface area contributed by atoms with E-state index in [1.165, 1.54) is 75.6 Å². The van der Waals surface area contributed by atoms with Crippen molar-refractivity contribution in [3.8, 4) is 23.0 Å². The van der Waals surface area contributed by atoms with E-state index < -0.39 is 0 Å². The molecule has 54 heavy (non-hydrogen) atoms. The fourth-order valence-electron chi connectivity index (χ4n) is 6.86. The van der Waals surface area contributed by atoms with Crippen LogP contribution in [0.4, 0.5) is 22.7 Å². The van der Waals surface area contributed by atoms with Gasteiger partial charge in [0, 0.05) is 46.9 Å². The first-order valence-corrected chi connectivity index (χ1v) is 20.4. The van der Waals surface area contributed by atoms with E-state index in [0.29, 0.717) is 50.6 Å². The molecule has 0 unspecified atom stereocenters. The molecular formula is C46H64N4O4. The van der Waals surface area contributed by atoms with Crippen molar-refractivity contribution in [1.29, 1.82) is 0 Å². The molecule has 2 fully saturated rings. The minimum atomic E-state index is 0.423. The van der Waals surface area contributed by atoms with Crippen molar-refractivity contribution in [1.82, 2.24) is 0 Å². The Hall–Kier alpha value is -4.72. The third kappa shape index (κ3) is 15.3. The molecule has 4 N–H and O–H groups in total. The highest BCUT2D eigenvalue weighted by Crippen LogP contribution is 2.25. The summed E-state index contributed by atoms with van der Waals surface area (Å²) in [6.07, 6.45) is 13.3. The molecule has 0 heterocycles. The van der Waals surface area contributed by atoms with Gasteiger partial charge in [-0.05, 0) is 150 Å². The molecule has 8 nitrogen and oxygen atoms in total. The Balaban J connectivity index is 0.000000213. The Morgan fingerprint density at radius 3 is 0.907 bits per heavy atom. The molecule has 2 aliphatic rings. The summed E-state index contributed by atoms with van der Waals surface area (Å²) in [5.41, 5.74) is 4.58. The molecule has 0 aromatic heterocycles. The van der Waals surface area contributed by atoms with Crippen LogP contribution in [0, 0.1) is 0 Å². The van der Waals surface area contributed by atoms with E-state index in [-0.39, 0.29) is 0 Å². The molecule has 0 spiro atoms. The van der Waals surface area contributed by atoms with Crippen LogP contribution in [-0.4, -0.2) is 50.6 Å². The maximum Gasteiger partial charge on any atom is 0.122 e. The molecule has 6 rings (SSSR count). The average Bonchev–Trinajstić information content (AvgIpc) is 3.18. The van der Waals surface area contributed by atoms with Gasteiger partial charge in [0.2, 0.25) is 0 Å². The maximum absolute atomic E-state index is 5.83. The molecule has 0 radical (unpaired) electrons. The molecule has 4 aromatic carbocycles. The van der Waals surface area contributed by atoms with Crippen LogP contribution in [0.15, 0.2) is 97.1 Å². The van der Waals surface area contributed by atoms with Gasteiger partial charge in [0.15, 0.2) is 0 Å². The number of benzene rings is 4. The van der Waals surface area contributed by atoms with Gasteiger partial charge in [-0.3, -0.25) is 0 Å². The van der Waals surface area contributed by atoms with Gasteiger partial charge < -0.3 is 40.2 Å². The molecule has 2 aliphatic carbocycles. The number of anilines is 4. The van der Waals surface area contributed by atoms with Gasteiger partial charge in [0.1, 0.15) is 49.4 Å². The van der Waals surface area contributed by atoms with Gasteiger partial charge in [-0.2, -0.15) is 0 Å². The highest BCUT2D eigenvalue weighted by molar-refractivity contribution is 5.49. The fraction of sp³-hybridized carbons (Fsp3) is 0.478. The van der Waals surface area contributed by atoms with Crippen LogP contribution in [0.25, 0.3) is 0 Å². The summed E-state index contributed by atoms with van der Waals surface area (Å²) < 4.78 is 23.1. The van der Waals surface area contributed by atoms with Crippen LogP contribution in [0.1, 0.15) is 91.9 Å². The normalized spacial score (nSPS) is 14.8. The quantitative estimate of drug-likeness (QED) is 0.0752. The predicted octanol–water partition coefficient (Wildman–Crippen LogP) is 11.4. The number of rotatable bonds is 18. The first-order valence-electron chi connectivity index (χ1n) is 20.4. The van der Waals surface area contributed by atoms with Gasteiger partial charge in [-0.1, -0.05) is 38.5 Å². The number of nitrogens with one attached hydrogen (secondary N) is 4. The number of ether oxygens (including phenoxy) is 4. The molecule has 0 aliphatic heterocycles. The Labute approximate surface area is 324 Å². The molecule has 0 amide bonds. The van der Waals surface area contributed by atoms with Crippen molar-refractivity contribution in [2.75, 3.05) is 47.7 Å².